The molecule has 0 rings (SSSR count). The van der Waals surface area contributed by atoms with E-state index in [1.165, 1.54) is 154 Å². The van der Waals surface area contributed by atoms with Crippen molar-refractivity contribution in [1.29, 1.82) is 0 Å². The minimum absolute atomic E-state index is 0.100. The Hall–Kier alpha value is -3.93. The van der Waals surface area contributed by atoms with Gasteiger partial charge in [-0.15, -0.1) is 0 Å². The maximum absolute atomic E-state index is 12.9. The molecule has 1 unspecified atom stereocenters. The molecule has 0 aromatic rings. The first-order valence-corrected chi connectivity index (χ1v) is 31.4. The molecule has 6 heteroatoms. The van der Waals surface area contributed by atoms with Gasteiger partial charge in [-0.05, 0) is 122 Å². The minimum Gasteiger partial charge on any atom is -0.462 e. The lowest BCUT2D eigenvalue weighted by Gasteiger charge is -2.18. The summed E-state index contributed by atoms with van der Waals surface area (Å²) in [6.45, 7) is 6.48. The van der Waals surface area contributed by atoms with Crippen LogP contribution in [-0.4, -0.2) is 37.2 Å². The van der Waals surface area contributed by atoms with Gasteiger partial charge in [-0.1, -0.05) is 259 Å². The number of ether oxygens (including phenoxy) is 3. The molecule has 1 atom stereocenters. The lowest BCUT2D eigenvalue weighted by molar-refractivity contribution is -0.167. The normalized spacial score (nSPS) is 12.8. The first-order chi connectivity index (χ1) is 37.0. The van der Waals surface area contributed by atoms with E-state index in [0.717, 1.165) is 89.9 Å². The van der Waals surface area contributed by atoms with Crippen LogP contribution in [0.4, 0.5) is 0 Å². The number of esters is 3. The fourth-order valence-electron chi connectivity index (χ4n) is 8.54. The molecule has 0 aliphatic heterocycles. The molecule has 0 heterocycles. The highest BCUT2D eigenvalue weighted by Crippen LogP contribution is 2.15. The van der Waals surface area contributed by atoms with E-state index in [1.54, 1.807) is 0 Å². The van der Waals surface area contributed by atoms with Crippen molar-refractivity contribution in [3.63, 3.8) is 0 Å². The summed E-state index contributed by atoms with van der Waals surface area (Å²) < 4.78 is 16.9. The van der Waals surface area contributed by atoms with E-state index < -0.39 is 6.10 Å². The van der Waals surface area contributed by atoms with Crippen LogP contribution in [0.3, 0.4) is 0 Å². The summed E-state index contributed by atoms with van der Waals surface area (Å²) in [5, 5.41) is 0. The van der Waals surface area contributed by atoms with Crippen LogP contribution >= 0.6 is 0 Å². The van der Waals surface area contributed by atoms with Crippen molar-refractivity contribution in [1.82, 2.24) is 0 Å². The van der Waals surface area contributed by atoms with Crippen LogP contribution in [0.2, 0.25) is 0 Å². The highest BCUT2D eigenvalue weighted by atomic mass is 16.6. The van der Waals surface area contributed by atoms with Gasteiger partial charge in [-0.25, -0.2) is 0 Å². The number of rotatable bonds is 56. The molecule has 0 aliphatic carbocycles. The number of hydrogen-bond donors (Lipinski definition) is 0. The van der Waals surface area contributed by atoms with Gasteiger partial charge in [0.1, 0.15) is 13.2 Å². The van der Waals surface area contributed by atoms with Crippen LogP contribution in [0.25, 0.3) is 0 Å². The maximum atomic E-state index is 12.9. The molecule has 0 amide bonds. The average molecular weight is 1040 g/mol. The van der Waals surface area contributed by atoms with Crippen LogP contribution in [0.1, 0.15) is 290 Å². The Balaban J connectivity index is 4.49. The molecular formula is C69H116O6. The second kappa shape index (κ2) is 62.6. The number of carbonyl (C=O) groups is 3. The molecule has 0 aliphatic rings. The van der Waals surface area contributed by atoms with Crippen molar-refractivity contribution in [3.8, 4) is 0 Å². The van der Waals surface area contributed by atoms with E-state index in [-0.39, 0.29) is 37.5 Å². The molecule has 0 bridgehead atoms. The van der Waals surface area contributed by atoms with E-state index in [4.69, 9.17) is 14.2 Å². The third-order valence-electron chi connectivity index (χ3n) is 13.2. The van der Waals surface area contributed by atoms with Crippen molar-refractivity contribution < 1.29 is 28.6 Å². The van der Waals surface area contributed by atoms with Gasteiger partial charge in [0.2, 0.25) is 0 Å². The van der Waals surface area contributed by atoms with Gasteiger partial charge >= 0.3 is 17.9 Å². The Kier molecular flexibility index (Phi) is 59.3. The van der Waals surface area contributed by atoms with Gasteiger partial charge in [0.15, 0.2) is 6.10 Å². The second-order valence-electron chi connectivity index (χ2n) is 20.6. The smallest absolute Gasteiger partial charge is 0.306 e. The zero-order valence-electron chi connectivity index (χ0n) is 49.0. The van der Waals surface area contributed by atoms with E-state index in [2.05, 4.69) is 130 Å². The molecule has 0 spiro atoms. The van der Waals surface area contributed by atoms with Gasteiger partial charge in [-0.3, -0.25) is 14.4 Å². The lowest BCUT2D eigenvalue weighted by atomic mass is 10.1. The molecule has 0 saturated carbocycles. The Morgan fingerprint density at radius 1 is 0.280 bits per heavy atom. The molecule has 0 N–H and O–H groups in total. The fourth-order valence-corrected chi connectivity index (χ4v) is 8.54. The summed E-state index contributed by atoms with van der Waals surface area (Å²) in [6.07, 6.45) is 85.2. The first-order valence-electron chi connectivity index (χ1n) is 31.4. The molecule has 428 valence electrons. The van der Waals surface area contributed by atoms with Crippen LogP contribution in [0.15, 0.2) is 109 Å². The molecule has 0 radical (unpaired) electrons. The standard InChI is InChI=1S/C69H116O6/c1-4-7-10-13-16-19-22-25-28-31-32-33-34-35-36-39-41-44-47-50-53-56-59-62-68(71)74-65-66(75-69(72)63-60-57-54-51-48-45-42-38-30-27-24-21-18-15-12-9-6-3)64-73-67(70)61-58-55-52-49-46-43-40-37-29-26-23-20-17-14-11-8-5-2/h7,10,16,19,25-30,32-33,35-36,41,44,50,53,66H,4-6,8-9,11-15,17-18,20-24,31,34,37-40,42-43,45-49,51-52,54-65H2,1-3H3/b10-7-,19-16-,28-25-,29-26-,30-27-,33-32-,36-35-,44-41-,53-50-. The monoisotopic (exact) mass is 1040 g/mol. The van der Waals surface area contributed by atoms with Crippen molar-refractivity contribution in [2.75, 3.05) is 13.2 Å². The molecular weight excluding hydrogens is 925 g/mol. The zero-order chi connectivity index (χ0) is 54.3. The van der Waals surface area contributed by atoms with Crippen molar-refractivity contribution in [2.24, 2.45) is 0 Å². The Morgan fingerprint density at radius 2 is 0.533 bits per heavy atom. The van der Waals surface area contributed by atoms with Gasteiger partial charge in [0.05, 0.1) is 0 Å². The quantitative estimate of drug-likeness (QED) is 0.0261. The number of allylic oxidation sites excluding steroid dienone is 18. The van der Waals surface area contributed by atoms with Crippen molar-refractivity contribution >= 4 is 17.9 Å². The second-order valence-corrected chi connectivity index (χ2v) is 20.6. The van der Waals surface area contributed by atoms with E-state index >= 15 is 0 Å². The molecule has 0 aromatic carbocycles. The fraction of sp³-hybridized carbons (Fsp3) is 0.696. The van der Waals surface area contributed by atoms with Crippen molar-refractivity contribution in [3.05, 3.63) is 109 Å². The van der Waals surface area contributed by atoms with Crippen molar-refractivity contribution in [2.45, 2.75) is 297 Å². The minimum atomic E-state index is -0.808. The Labute approximate surface area is 463 Å². The Bertz CT molecular complexity index is 1520. The van der Waals surface area contributed by atoms with Gasteiger partial charge in [-0.2, -0.15) is 0 Å². The van der Waals surface area contributed by atoms with Crippen LogP contribution in [-0.2, 0) is 28.6 Å². The highest BCUT2D eigenvalue weighted by molar-refractivity contribution is 5.71. The number of carbonyl (C=O) groups excluding carboxylic acids is 3. The molecule has 0 fully saturated rings. The SMILES string of the molecule is CC/C=C\C/C=C\C/C=C\C/C=C\C/C=C\C/C=C\C/C=C\CCCC(=O)OCC(COC(=O)CCCCCCCCC/C=C\CCCCCCCC)OC(=O)CCCCCCCCC/C=C\CCCCCCCC. The molecule has 75 heavy (non-hydrogen) atoms. The van der Waals surface area contributed by atoms with Crippen LogP contribution in [0, 0.1) is 0 Å². The molecule has 0 saturated heterocycles. The maximum Gasteiger partial charge on any atom is 0.306 e. The summed E-state index contributed by atoms with van der Waals surface area (Å²) in [5.74, 6) is -0.965. The summed E-state index contributed by atoms with van der Waals surface area (Å²) in [7, 11) is 0. The molecule has 0 aromatic heterocycles. The predicted molar refractivity (Wildman–Crippen MR) is 325 cm³/mol. The zero-order valence-corrected chi connectivity index (χ0v) is 49.0. The summed E-state index contributed by atoms with van der Waals surface area (Å²) in [5.41, 5.74) is 0. The van der Waals surface area contributed by atoms with Crippen LogP contribution in [0.5, 0.6) is 0 Å². The van der Waals surface area contributed by atoms with E-state index in [0.29, 0.717) is 19.3 Å². The highest BCUT2D eigenvalue weighted by Gasteiger charge is 2.19. The summed E-state index contributed by atoms with van der Waals surface area (Å²) >= 11 is 0. The average Bonchev–Trinajstić information content (AvgIpc) is 3.41. The summed E-state index contributed by atoms with van der Waals surface area (Å²) in [6, 6.07) is 0. The number of unbranched alkanes of at least 4 members (excludes halogenated alkanes) is 27. The summed E-state index contributed by atoms with van der Waals surface area (Å²) in [4.78, 5) is 38.3. The van der Waals surface area contributed by atoms with Gasteiger partial charge in [0, 0.05) is 19.3 Å². The Morgan fingerprint density at radius 3 is 0.880 bits per heavy atom. The van der Waals surface area contributed by atoms with Gasteiger partial charge in [0.25, 0.3) is 0 Å². The number of hydrogen-bond acceptors (Lipinski definition) is 6. The topological polar surface area (TPSA) is 78.9 Å². The van der Waals surface area contributed by atoms with Gasteiger partial charge < -0.3 is 14.2 Å². The third-order valence-corrected chi connectivity index (χ3v) is 13.2. The predicted octanol–water partition coefficient (Wildman–Crippen LogP) is 21.4. The third kappa shape index (κ3) is 60.8. The first kappa shape index (κ1) is 71.1. The molecule has 6 nitrogen and oxygen atoms in total. The largest absolute Gasteiger partial charge is 0.462 e. The lowest BCUT2D eigenvalue weighted by Crippen LogP contribution is -2.30. The van der Waals surface area contributed by atoms with Crippen LogP contribution < -0.4 is 0 Å². The van der Waals surface area contributed by atoms with E-state index in [1.807, 2.05) is 0 Å². The van der Waals surface area contributed by atoms with E-state index in [9.17, 15) is 14.4 Å².